The van der Waals surface area contributed by atoms with E-state index in [1.807, 2.05) is 20.8 Å². The van der Waals surface area contributed by atoms with Crippen LogP contribution in [0.4, 0.5) is 10.1 Å². The summed E-state index contributed by atoms with van der Waals surface area (Å²) in [7, 11) is -3.60. The summed E-state index contributed by atoms with van der Waals surface area (Å²) in [5, 5.41) is 3.25. The topological polar surface area (TPSA) is 86.8 Å². The van der Waals surface area contributed by atoms with Gasteiger partial charge in [-0.05, 0) is 62.6 Å². The fourth-order valence-electron chi connectivity index (χ4n) is 3.72. The first-order valence-corrected chi connectivity index (χ1v) is 13.7. The van der Waals surface area contributed by atoms with Gasteiger partial charge in [0.05, 0.1) is 11.9 Å². The standard InChI is InChI=1S/C25H33ClFN3O4S/c1-5-23(25(32)28-18(2)3)29(17-19-11-13-21(27)14-12-19)24(31)10-7-15-30(35(4,33)34)22-9-6-8-20(26)16-22/h6,8-9,11-14,16,18,23H,5,7,10,15,17H2,1-4H3,(H,28,32). The quantitative estimate of drug-likeness (QED) is 0.446. The molecule has 192 valence electrons. The Kier molecular flexibility index (Phi) is 10.5. The number of carbonyl (C=O) groups excluding carboxylic acids is 2. The van der Waals surface area contributed by atoms with Crippen molar-refractivity contribution in [2.45, 2.75) is 58.7 Å². The van der Waals surface area contributed by atoms with Crippen LogP contribution in [0, 0.1) is 5.82 Å². The van der Waals surface area contributed by atoms with Crippen molar-refractivity contribution in [3.63, 3.8) is 0 Å². The maximum atomic E-state index is 13.4. The number of hydrogen-bond donors (Lipinski definition) is 1. The highest BCUT2D eigenvalue weighted by Crippen LogP contribution is 2.23. The monoisotopic (exact) mass is 525 g/mol. The molecule has 35 heavy (non-hydrogen) atoms. The van der Waals surface area contributed by atoms with Gasteiger partial charge in [0.2, 0.25) is 21.8 Å². The largest absolute Gasteiger partial charge is 0.352 e. The van der Waals surface area contributed by atoms with Crippen molar-refractivity contribution in [1.29, 1.82) is 0 Å². The summed E-state index contributed by atoms with van der Waals surface area (Å²) in [5.74, 6) is -0.952. The molecule has 0 fully saturated rings. The van der Waals surface area contributed by atoms with Gasteiger partial charge in [0, 0.05) is 30.6 Å². The zero-order valence-electron chi connectivity index (χ0n) is 20.5. The van der Waals surface area contributed by atoms with Crippen molar-refractivity contribution in [1.82, 2.24) is 10.2 Å². The van der Waals surface area contributed by atoms with Crippen molar-refractivity contribution in [3.05, 3.63) is 64.9 Å². The highest BCUT2D eigenvalue weighted by atomic mass is 35.5. The van der Waals surface area contributed by atoms with Gasteiger partial charge in [0.1, 0.15) is 11.9 Å². The zero-order chi connectivity index (χ0) is 26.2. The second kappa shape index (κ2) is 12.9. The number of halogens is 2. The number of carbonyl (C=O) groups is 2. The van der Waals surface area contributed by atoms with Gasteiger partial charge in [-0.1, -0.05) is 36.7 Å². The molecule has 7 nitrogen and oxygen atoms in total. The maximum Gasteiger partial charge on any atom is 0.243 e. The van der Waals surface area contributed by atoms with Gasteiger partial charge in [-0.25, -0.2) is 12.8 Å². The Morgan fingerprint density at radius 1 is 1.11 bits per heavy atom. The summed E-state index contributed by atoms with van der Waals surface area (Å²) >= 11 is 6.02. The molecule has 1 unspecified atom stereocenters. The lowest BCUT2D eigenvalue weighted by molar-refractivity contribution is -0.141. The third-order valence-corrected chi connectivity index (χ3v) is 6.76. The summed E-state index contributed by atoms with van der Waals surface area (Å²) in [5.41, 5.74) is 1.10. The number of rotatable bonds is 12. The molecule has 0 radical (unpaired) electrons. The SMILES string of the molecule is CCC(C(=O)NC(C)C)N(Cc1ccc(F)cc1)C(=O)CCCN(c1cccc(Cl)c1)S(C)(=O)=O. The van der Waals surface area contributed by atoms with E-state index in [0.717, 1.165) is 6.26 Å². The van der Waals surface area contributed by atoms with Crippen LogP contribution in [0.1, 0.15) is 45.6 Å². The number of sulfonamides is 1. The minimum absolute atomic E-state index is 0.0270. The molecule has 0 saturated carbocycles. The number of nitrogens with zero attached hydrogens (tertiary/aromatic N) is 2. The van der Waals surface area contributed by atoms with Gasteiger partial charge in [-0.2, -0.15) is 0 Å². The van der Waals surface area contributed by atoms with Crippen LogP contribution in [0.5, 0.6) is 0 Å². The Morgan fingerprint density at radius 3 is 2.31 bits per heavy atom. The lowest BCUT2D eigenvalue weighted by atomic mass is 10.1. The Bertz CT molecular complexity index is 1110. The molecule has 2 rings (SSSR count). The number of benzene rings is 2. The zero-order valence-corrected chi connectivity index (χ0v) is 22.1. The molecule has 2 aromatic carbocycles. The van der Waals surface area contributed by atoms with Crippen LogP contribution in [-0.2, 0) is 26.2 Å². The van der Waals surface area contributed by atoms with E-state index >= 15 is 0 Å². The normalized spacial score (nSPS) is 12.3. The third kappa shape index (κ3) is 8.81. The van der Waals surface area contributed by atoms with E-state index in [1.165, 1.54) is 21.3 Å². The second-order valence-electron chi connectivity index (χ2n) is 8.65. The van der Waals surface area contributed by atoms with Crippen molar-refractivity contribution in [3.8, 4) is 0 Å². The molecule has 0 aliphatic heterocycles. The Labute approximate surface area is 212 Å². The van der Waals surface area contributed by atoms with Crippen molar-refractivity contribution in [2.75, 3.05) is 17.1 Å². The van der Waals surface area contributed by atoms with Gasteiger partial charge in [0.25, 0.3) is 0 Å². The van der Waals surface area contributed by atoms with Crippen molar-refractivity contribution >= 4 is 39.1 Å². The summed E-state index contributed by atoms with van der Waals surface area (Å²) in [4.78, 5) is 27.6. The molecular weight excluding hydrogens is 493 g/mol. The maximum absolute atomic E-state index is 13.4. The molecule has 1 atom stereocenters. The highest BCUT2D eigenvalue weighted by molar-refractivity contribution is 7.92. The average molecular weight is 526 g/mol. The van der Waals surface area contributed by atoms with Crippen LogP contribution in [0.25, 0.3) is 0 Å². The van der Waals surface area contributed by atoms with Gasteiger partial charge in [-0.15, -0.1) is 0 Å². The molecule has 0 saturated heterocycles. The third-order valence-electron chi connectivity index (χ3n) is 5.33. The van der Waals surface area contributed by atoms with Gasteiger partial charge in [0.15, 0.2) is 0 Å². The van der Waals surface area contributed by atoms with Crippen LogP contribution in [0.15, 0.2) is 48.5 Å². The highest BCUT2D eigenvalue weighted by Gasteiger charge is 2.29. The molecule has 0 heterocycles. The molecule has 2 aromatic rings. The van der Waals surface area contributed by atoms with Gasteiger partial charge in [-0.3, -0.25) is 13.9 Å². The van der Waals surface area contributed by atoms with E-state index in [0.29, 0.717) is 22.7 Å². The van der Waals surface area contributed by atoms with E-state index in [-0.39, 0.29) is 43.8 Å². The first-order chi connectivity index (χ1) is 16.4. The van der Waals surface area contributed by atoms with E-state index in [9.17, 15) is 22.4 Å². The van der Waals surface area contributed by atoms with Crippen LogP contribution < -0.4 is 9.62 Å². The van der Waals surface area contributed by atoms with Crippen LogP contribution in [-0.4, -0.2) is 50.0 Å². The number of nitrogens with one attached hydrogen (secondary N) is 1. The van der Waals surface area contributed by atoms with Gasteiger partial charge >= 0.3 is 0 Å². The lowest BCUT2D eigenvalue weighted by Gasteiger charge is -2.31. The lowest BCUT2D eigenvalue weighted by Crippen LogP contribution is -2.50. The summed E-state index contributed by atoms with van der Waals surface area (Å²) in [6.45, 7) is 5.70. The van der Waals surface area contributed by atoms with E-state index in [1.54, 1.807) is 36.4 Å². The average Bonchev–Trinajstić information content (AvgIpc) is 2.76. The van der Waals surface area contributed by atoms with Crippen LogP contribution >= 0.6 is 11.6 Å². The van der Waals surface area contributed by atoms with E-state index < -0.39 is 21.9 Å². The predicted molar refractivity (Wildman–Crippen MR) is 137 cm³/mol. The Hall–Kier alpha value is -2.65. The fourth-order valence-corrected chi connectivity index (χ4v) is 4.86. The van der Waals surface area contributed by atoms with Gasteiger partial charge < -0.3 is 10.2 Å². The minimum Gasteiger partial charge on any atom is -0.352 e. The van der Waals surface area contributed by atoms with Crippen LogP contribution in [0.3, 0.4) is 0 Å². The molecule has 0 aliphatic rings. The first kappa shape index (κ1) is 28.6. The van der Waals surface area contributed by atoms with Crippen LogP contribution in [0.2, 0.25) is 5.02 Å². The summed E-state index contributed by atoms with van der Waals surface area (Å²) in [6.07, 6.45) is 1.75. The molecular formula is C25H33ClFN3O4S. The summed E-state index contributed by atoms with van der Waals surface area (Å²) < 4.78 is 39.3. The number of anilines is 1. The van der Waals surface area contributed by atoms with E-state index in [2.05, 4.69) is 5.32 Å². The molecule has 2 amide bonds. The van der Waals surface area contributed by atoms with Crippen molar-refractivity contribution in [2.24, 2.45) is 0 Å². The number of amides is 2. The molecule has 0 aliphatic carbocycles. The molecule has 0 aromatic heterocycles. The van der Waals surface area contributed by atoms with E-state index in [4.69, 9.17) is 11.6 Å². The molecule has 0 spiro atoms. The second-order valence-corrected chi connectivity index (χ2v) is 11.0. The number of hydrogen-bond acceptors (Lipinski definition) is 4. The molecule has 1 N–H and O–H groups in total. The smallest absolute Gasteiger partial charge is 0.243 e. The molecule has 0 bridgehead atoms. The minimum atomic E-state index is -3.60. The Morgan fingerprint density at radius 2 is 1.77 bits per heavy atom. The fraction of sp³-hybridized carbons (Fsp3) is 0.440. The first-order valence-electron chi connectivity index (χ1n) is 11.5. The molecule has 10 heteroatoms. The summed E-state index contributed by atoms with van der Waals surface area (Å²) in [6, 6.07) is 11.5. The Balaban J connectivity index is 2.21. The van der Waals surface area contributed by atoms with Crippen molar-refractivity contribution < 1.29 is 22.4 Å². The predicted octanol–water partition coefficient (Wildman–Crippen LogP) is 4.36.